The summed E-state index contributed by atoms with van der Waals surface area (Å²) in [7, 11) is 3.09. The van der Waals surface area contributed by atoms with Crippen LogP contribution in [0.2, 0.25) is 0 Å². The molecule has 0 saturated heterocycles. The molecule has 0 saturated carbocycles. The Morgan fingerprint density at radius 2 is 1.74 bits per heavy atom. The maximum absolute atomic E-state index is 12.1. The number of ether oxygens (including phenoxy) is 2. The van der Waals surface area contributed by atoms with E-state index in [1.165, 1.54) is 6.21 Å². The van der Waals surface area contributed by atoms with E-state index >= 15 is 0 Å². The standard InChI is InChI=1S/C20H23N3O4/c1-13-5-7-16(9-14(13)2)20(25)21-12-19(24)23-22-11-15-6-8-17(26-3)18(10-15)27-4/h5-11H,12H2,1-4H3,(H,21,25)(H,23,24)/b22-11-. The van der Waals surface area contributed by atoms with E-state index in [4.69, 9.17) is 9.47 Å². The largest absolute Gasteiger partial charge is 0.493 e. The molecule has 0 aromatic heterocycles. The number of methoxy groups -OCH3 is 2. The predicted octanol–water partition coefficient (Wildman–Crippen LogP) is 2.20. The average Bonchev–Trinajstić information content (AvgIpc) is 2.68. The summed E-state index contributed by atoms with van der Waals surface area (Å²) in [5, 5.41) is 6.44. The van der Waals surface area contributed by atoms with Gasteiger partial charge in [-0.3, -0.25) is 9.59 Å². The van der Waals surface area contributed by atoms with Gasteiger partial charge in [0, 0.05) is 5.56 Å². The molecule has 2 rings (SSSR count). The van der Waals surface area contributed by atoms with Crippen molar-refractivity contribution in [3.05, 3.63) is 58.7 Å². The first-order valence-electron chi connectivity index (χ1n) is 8.34. The number of benzene rings is 2. The highest BCUT2D eigenvalue weighted by molar-refractivity contribution is 5.96. The van der Waals surface area contributed by atoms with Crippen molar-refractivity contribution in [1.82, 2.24) is 10.7 Å². The van der Waals surface area contributed by atoms with Gasteiger partial charge in [0.1, 0.15) is 0 Å². The fourth-order valence-electron chi connectivity index (χ4n) is 2.30. The molecule has 0 unspecified atom stereocenters. The maximum atomic E-state index is 12.1. The van der Waals surface area contributed by atoms with Gasteiger partial charge in [-0.25, -0.2) is 5.43 Å². The van der Waals surface area contributed by atoms with Crippen molar-refractivity contribution in [3.63, 3.8) is 0 Å². The van der Waals surface area contributed by atoms with E-state index in [1.807, 2.05) is 19.9 Å². The van der Waals surface area contributed by atoms with Crippen LogP contribution in [0.1, 0.15) is 27.0 Å². The molecule has 2 aromatic carbocycles. The molecule has 0 aliphatic carbocycles. The monoisotopic (exact) mass is 369 g/mol. The number of hydrogen-bond donors (Lipinski definition) is 2. The molecule has 7 heteroatoms. The van der Waals surface area contributed by atoms with Gasteiger partial charge in [-0.2, -0.15) is 5.10 Å². The molecule has 0 fully saturated rings. The summed E-state index contributed by atoms with van der Waals surface area (Å²) in [4.78, 5) is 23.9. The summed E-state index contributed by atoms with van der Waals surface area (Å²) in [6, 6.07) is 10.6. The van der Waals surface area contributed by atoms with Crippen LogP contribution in [0.25, 0.3) is 0 Å². The summed E-state index contributed by atoms with van der Waals surface area (Å²) < 4.78 is 10.4. The Morgan fingerprint density at radius 3 is 2.41 bits per heavy atom. The summed E-state index contributed by atoms with van der Waals surface area (Å²) >= 11 is 0. The highest BCUT2D eigenvalue weighted by atomic mass is 16.5. The fraction of sp³-hybridized carbons (Fsp3) is 0.250. The van der Waals surface area contributed by atoms with Gasteiger partial charge in [-0.15, -0.1) is 0 Å². The van der Waals surface area contributed by atoms with Gasteiger partial charge in [0.15, 0.2) is 11.5 Å². The second-order valence-electron chi connectivity index (χ2n) is 5.89. The van der Waals surface area contributed by atoms with Gasteiger partial charge >= 0.3 is 0 Å². The van der Waals surface area contributed by atoms with Crippen molar-refractivity contribution in [2.24, 2.45) is 5.10 Å². The van der Waals surface area contributed by atoms with Crippen LogP contribution in [0.15, 0.2) is 41.5 Å². The fourth-order valence-corrected chi connectivity index (χ4v) is 2.30. The Hall–Kier alpha value is -3.35. The molecule has 0 radical (unpaired) electrons. The Morgan fingerprint density at radius 1 is 1.00 bits per heavy atom. The molecular weight excluding hydrogens is 346 g/mol. The van der Waals surface area contributed by atoms with Crippen molar-refractivity contribution >= 4 is 18.0 Å². The van der Waals surface area contributed by atoms with Crippen molar-refractivity contribution in [2.75, 3.05) is 20.8 Å². The highest BCUT2D eigenvalue weighted by Crippen LogP contribution is 2.26. The normalized spacial score (nSPS) is 10.5. The number of hydrogen-bond acceptors (Lipinski definition) is 5. The summed E-state index contributed by atoms with van der Waals surface area (Å²) in [6.07, 6.45) is 1.48. The van der Waals surface area contributed by atoms with Gasteiger partial charge < -0.3 is 14.8 Å². The summed E-state index contributed by atoms with van der Waals surface area (Å²) in [5.41, 5.74) is 5.74. The molecule has 2 N–H and O–H groups in total. The molecule has 0 aliphatic heterocycles. The predicted molar refractivity (Wildman–Crippen MR) is 104 cm³/mol. The van der Waals surface area contributed by atoms with E-state index in [1.54, 1.807) is 44.6 Å². The minimum atomic E-state index is -0.427. The SMILES string of the molecule is COc1ccc(/C=N\NC(=O)CNC(=O)c2ccc(C)c(C)c2)cc1OC. The zero-order valence-electron chi connectivity index (χ0n) is 15.8. The first kappa shape index (κ1) is 20.0. The van der Waals surface area contributed by atoms with Gasteiger partial charge in [0.2, 0.25) is 0 Å². The third-order valence-electron chi connectivity index (χ3n) is 3.99. The van der Waals surface area contributed by atoms with Gasteiger partial charge in [-0.1, -0.05) is 6.07 Å². The quantitative estimate of drug-likeness (QED) is 0.578. The molecule has 142 valence electrons. The van der Waals surface area contributed by atoms with Crippen molar-refractivity contribution in [1.29, 1.82) is 0 Å². The van der Waals surface area contributed by atoms with E-state index in [0.717, 1.165) is 16.7 Å². The number of nitrogens with one attached hydrogen (secondary N) is 2. The van der Waals surface area contributed by atoms with Gasteiger partial charge in [-0.05, 0) is 60.9 Å². The van der Waals surface area contributed by atoms with Crippen LogP contribution in [-0.2, 0) is 4.79 Å². The van der Waals surface area contributed by atoms with Crippen LogP contribution < -0.4 is 20.2 Å². The molecule has 0 spiro atoms. The van der Waals surface area contributed by atoms with Crippen molar-refractivity contribution in [2.45, 2.75) is 13.8 Å². The molecule has 0 bridgehead atoms. The molecule has 0 heterocycles. The van der Waals surface area contributed by atoms with E-state index < -0.39 is 5.91 Å². The van der Waals surface area contributed by atoms with Crippen LogP contribution in [0.5, 0.6) is 11.5 Å². The lowest BCUT2D eigenvalue weighted by Crippen LogP contribution is -2.34. The first-order valence-corrected chi connectivity index (χ1v) is 8.34. The van der Waals surface area contributed by atoms with Gasteiger partial charge in [0.25, 0.3) is 11.8 Å². The van der Waals surface area contributed by atoms with Crippen LogP contribution in [0, 0.1) is 13.8 Å². The lowest BCUT2D eigenvalue weighted by molar-refractivity contribution is -0.120. The Labute approximate surface area is 158 Å². The molecular formula is C20H23N3O4. The topological polar surface area (TPSA) is 89.0 Å². The smallest absolute Gasteiger partial charge is 0.259 e. The molecule has 2 amide bonds. The summed E-state index contributed by atoms with van der Waals surface area (Å²) in [5.74, 6) is 0.433. The van der Waals surface area contributed by atoms with Crippen LogP contribution in [0.4, 0.5) is 0 Å². The minimum Gasteiger partial charge on any atom is -0.493 e. The average molecular weight is 369 g/mol. The number of carbonyl (C=O) groups excluding carboxylic acids is 2. The minimum absolute atomic E-state index is 0.172. The lowest BCUT2D eigenvalue weighted by Gasteiger charge is -2.07. The van der Waals surface area contributed by atoms with Crippen LogP contribution in [0.3, 0.4) is 0 Å². The van der Waals surface area contributed by atoms with Crippen LogP contribution in [-0.4, -0.2) is 38.8 Å². The molecule has 0 atom stereocenters. The zero-order valence-corrected chi connectivity index (χ0v) is 15.8. The Balaban J connectivity index is 1.86. The highest BCUT2D eigenvalue weighted by Gasteiger charge is 2.08. The maximum Gasteiger partial charge on any atom is 0.259 e. The molecule has 7 nitrogen and oxygen atoms in total. The number of rotatable bonds is 7. The second kappa shape index (κ2) is 9.38. The van der Waals surface area contributed by atoms with Gasteiger partial charge in [0.05, 0.1) is 27.0 Å². The Kier molecular flexibility index (Phi) is 6.93. The van der Waals surface area contributed by atoms with Crippen molar-refractivity contribution in [3.8, 4) is 11.5 Å². The second-order valence-corrected chi connectivity index (χ2v) is 5.89. The van der Waals surface area contributed by atoms with E-state index in [2.05, 4.69) is 15.8 Å². The number of aryl methyl sites for hydroxylation is 2. The van der Waals surface area contributed by atoms with E-state index in [-0.39, 0.29) is 12.5 Å². The number of amides is 2. The van der Waals surface area contributed by atoms with Crippen molar-refractivity contribution < 1.29 is 19.1 Å². The number of nitrogens with zero attached hydrogens (tertiary/aromatic N) is 1. The summed E-state index contributed by atoms with van der Waals surface area (Å²) in [6.45, 7) is 3.73. The van der Waals surface area contributed by atoms with E-state index in [0.29, 0.717) is 17.1 Å². The third kappa shape index (κ3) is 5.57. The number of hydrazone groups is 1. The Bertz CT molecular complexity index is 862. The first-order chi connectivity index (χ1) is 12.9. The van der Waals surface area contributed by atoms with Crippen LogP contribution >= 0.6 is 0 Å². The molecule has 0 aliphatic rings. The third-order valence-corrected chi connectivity index (χ3v) is 3.99. The number of carbonyl (C=O) groups is 2. The zero-order chi connectivity index (χ0) is 19.8. The van der Waals surface area contributed by atoms with E-state index in [9.17, 15) is 9.59 Å². The lowest BCUT2D eigenvalue weighted by atomic mass is 10.1. The molecule has 27 heavy (non-hydrogen) atoms. The molecule has 2 aromatic rings.